The summed E-state index contributed by atoms with van der Waals surface area (Å²) in [5, 5.41) is 9.72. The molecule has 0 atom stereocenters. The minimum absolute atomic E-state index is 0.0337. The lowest BCUT2D eigenvalue weighted by Crippen LogP contribution is -2.15. The number of nitrogens with zero attached hydrogens (tertiary/aromatic N) is 4. The molecule has 3 rings (SSSR count). The molecule has 0 aliphatic rings. The Hall–Kier alpha value is -3.29. The van der Waals surface area contributed by atoms with Crippen LogP contribution in [0.4, 0.5) is 11.4 Å². The number of aryl methyl sites for hydroxylation is 1. The van der Waals surface area contributed by atoms with Crippen LogP contribution in [0.2, 0.25) is 0 Å². The summed E-state index contributed by atoms with van der Waals surface area (Å²) in [6.45, 7) is 5.84. The van der Waals surface area contributed by atoms with E-state index >= 15 is 0 Å². The predicted octanol–water partition coefficient (Wildman–Crippen LogP) is 2.67. The molecule has 8 nitrogen and oxygen atoms in total. The Balaban J connectivity index is 1.67. The number of carbonyl (C=O) groups excluding carboxylic acids is 2. The third-order valence-electron chi connectivity index (χ3n) is 3.65. The van der Waals surface area contributed by atoms with Gasteiger partial charge in [-0.15, -0.1) is 5.10 Å². The molecule has 0 saturated heterocycles. The number of hydrogen-bond acceptors (Lipinski definition) is 5. The van der Waals surface area contributed by atoms with Crippen molar-refractivity contribution in [1.29, 1.82) is 0 Å². The Morgan fingerprint density at radius 3 is 2.35 bits per heavy atom. The minimum atomic E-state index is -0.425. The summed E-state index contributed by atoms with van der Waals surface area (Å²) in [4.78, 5) is 32.3. The molecule has 0 saturated carbocycles. The number of hydrogen-bond donors (Lipinski definition) is 2. The summed E-state index contributed by atoms with van der Waals surface area (Å²) in [5.41, 5.74) is 2.10. The number of fused-ring (bicyclic) bond motifs is 1. The monoisotopic (exact) mass is 352 g/mol. The fraction of sp³-hybridized carbons (Fsp3) is 0.278. The third-order valence-corrected chi connectivity index (χ3v) is 3.65. The van der Waals surface area contributed by atoms with Crippen LogP contribution in [0.3, 0.4) is 0 Å². The molecule has 8 heteroatoms. The SMILES string of the molecule is Cc1ccnc2nc(C(=O)Nc3ccc(NC(=O)CC(C)C)cc3)nn12. The van der Waals surface area contributed by atoms with Crippen LogP contribution in [0.15, 0.2) is 36.5 Å². The fourth-order valence-corrected chi connectivity index (χ4v) is 2.41. The molecule has 0 bridgehead atoms. The van der Waals surface area contributed by atoms with Crippen molar-refractivity contribution in [3.8, 4) is 0 Å². The van der Waals surface area contributed by atoms with Gasteiger partial charge >= 0.3 is 0 Å². The van der Waals surface area contributed by atoms with Crippen LogP contribution in [0.1, 0.15) is 36.6 Å². The first-order chi connectivity index (χ1) is 12.4. The molecule has 0 unspecified atom stereocenters. The zero-order chi connectivity index (χ0) is 18.7. The standard InChI is InChI=1S/C18H20N6O2/c1-11(2)10-15(25)20-13-4-6-14(7-5-13)21-17(26)16-22-18-19-9-8-12(3)24(18)23-16/h4-9,11H,10H2,1-3H3,(H,20,25)(H,21,26). The Morgan fingerprint density at radius 2 is 1.73 bits per heavy atom. The van der Waals surface area contributed by atoms with Crippen LogP contribution in [0, 0.1) is 12.8 Å². The van der Waals surface area contributed by atoms with Gasteiger partial charge in [-0.25, -0.2) is 9.50 Å². The van der Waals surface area contributed by atoms with Crippen molar-refractivity contribution in [3.05, 3.63) is 48.0 Å². The van der Waals surface area contributed by atoms with Crippen LogP contribution in [-0.2, 0) is 4.79 Å². The molecule has 2 aromatic heterocycles. The summed E-state index contributed by atoms with van der Waals surface area (Å²) < 4.78 is 1.52. The maximum absolute atomic E-state index is 12.3. The third kappa shape index (κ3) is 4.02. The first kappa shape index (κ1) is 17.5. The van der Waals surface area contributed by atoms with Gasteiger partial charge in [-0.05, 0) is 43.2 Å². The zero-order valence-corrected chi connectivity index (χ0v) is 14.9. The molecule has 2 heterocycles. The highest BCUT2D eigenvalue weighted by atomic mass is 16.2. The average molecular weight is 352 g/mol. The molecular weight excluding hydrogens is 332 g/mol. The topological polar surface area (TPSA) is 101 Å². The molecule has 0 spiro atoms. The number of aromatic nitrogens is 4. The number of amides is 2. The second-order valence-electron chi connectivity index (χ2n) is 6.41. The first-order valence-electron chi connectivity index (χ1n) is 8.32. The highest BCUT2D eigenvalue weighted by molar-refractivity contribution is 6.02. The number of rotatable bonds is 5. The summed E-state index contributed by atoms with van der Waals surface area (Å²) in [5.74, 6) is 0.254. The summed E-state index contributed by atoms with van der Waals surface area (Å²) >= 11 is 0. The van der Waals surface area contributed by atoms with Crippen LogP contribution in [0.25, 0.3) is 5.78 Å². The van der Waals surface area contributed by atoms with Crippen LogP contribution >= 0.6 is 0 Å². The van der Waals surface area contributed by atoms with E-state index in [2.05, 4.69) is 25.7 Å². The molecule has 2 amide bonds. The summed E-state index contributed by atoms with van der Waals surface area (Å²) in [7, 11) is 0. The second kappa shape index (κ2) is 7.30. The van der Waals surface area contributed by atoms with Crippen molar-refractivity contribution < 1.29 is 9.59 Å². The Morgan fingerprint density at radius 1 is 1.08 bits per heavy atom. The van der Waals surface area contributed by atoms with Crippen molar-refractivity contribution in [2.75, 3.05) is 10.6 Å². The van der Waals surface area contributed by atoms with Crippen molar-refractivity contribution in [1.82, 2.24) is 19.6 Å². The maximum atomic E-state index is 12.3. The van der Waals surface area contributed by atoms with E-state index in [4.69, 9.17) is 0 Å². The lowest BCUT2D eigenvalue weighted by Gasteiger charge is -2.08. The van der Waals surface area contributed by atoms with Crippen LogP contribution in [-0.4, -0.2) is 31.4 Å². The second-order valence-corrected chi connectivity index (χ2v) is 6.41. The highest BCUT2D eigenvalue weighted by Crippen LogP contribution is 2.15. The lowest BCUT2D eigenvalue weighted by molar-refractivity contribution is -0.116. The molecule has 1 aromatic carbocycles. The smallest absolute Gasteiger partial charge is 0.295 e. The molecule has 0 fully saturated rings. The van der Waals surface area contributed by atoms with Gasteiger partial charge in [0.25, 0.3) is 11.7 Å². The molecule has 26 heavy (non-hydrogen) atoms. The largest absolute Gasteiger partial charge is 0.326 e. The first-order valence-corrected chi connectivity index (χ1v) is 8.32. The van der Waals surface area contributed by atoms with E-state index in [9.17, 15) is 9.59 Å². The van der Waals surface area contributed by atoms with Crippen LogP contribution < -0.4 is 10.6 Å². The van der Waals surface area contributed by atoms with E-state index in [1.165, 1.54) is 4.52 Å². The van der Waals surface area contributed by atoms with Crippen molar-refractivity contribution in [2.45, 2.75) is 27.2 Å². The predicted molar refractivity (Wildman–Crippen MR) is 98.0 cm³/mol. The van der Waals surface area contributed by atoms with Gasteiger partial charge in [-0.2, -0.15) is 4.98 Å². The summed E-state index contributed by atoms with van der Waals surface area (Å²) in [6, 6.07) is 8.67. The number of nitrogens with one attached hydrogen (secondary N) is 2. The molecule has 0 aliphatic carbocycles. The minimum Gasteiger partial charge on any atom is -0.326 e. The van der Waals surface area contributed by atoms with Gasteiger partial charge in [-0.3, -0.25) is 9.59 Å². The van der Waals surface area contributed by atoms with E-state index in [-0.39, 0.29) is 11.7 Å². The lowest BCUT2D eigenvalue weighted by atomic mass is 10.1. The Bertz CT molecular complexity index is 946. The van der Waals surface area contributed by atoms with Crippen molar-refractivity contribution in [3.63, 3.8) is 0 Å². The van der Waals surface area contributed by atoms with E-state index < -0.39 is 5.91 Å². The molecule has 0 aliphatic heterocycles. The van der Waals surface area contributed by atoms with Gasteiger partial charge < -0.3 is 10.6 Å². The number of anilines is 2. The van der Waals surface area contributed by atoms with E-state index in [0.29, 0.717) is 29.5 Å². The molecular formula is C18H20N6O2. The Labute approximate surface area is 150 Å². The molecule has 3 aromatic rings. The zero-order valence-electron chi connectivity index (χ0n) is 14.9. The Kier molecular flexibility index (Phi) is 4.92. The summed E-state index contributed by atoms with van der Waals surface area (Å²) in [6.07, 6.45) is 2.08. The molecule has 2 N–H and O–H groups in total. The number of benzene rings is 1. The fourth-order valence-electron chi connectivity index (χ4n) is 2.41. The van der Waals surface area contributed by atoms with E-state index in [1.807, 2.05) is 20.8 Å². The van der Waals surface area contributed by atoms with Gasteiger partial charge in [0.1, 0.15) is 0 Å². The van der Waals surface area contributed by atoms with Gasteiger partial charge in [-0.1, -0.05) is 13.8 Å². The van der Waals surface area contributed by atoms with Gasteiger partial charge in [0.15, 0.2) is 0 Å². The maximum Gasteiger partial charge on any atom is 0.295 e. The van der Waals surface area contributed by atoms with Gasteiger partial charge in [0.2, 0.25) is 11.7 Å². The highest BCUT2D eigenvalue weighted by Gasteiger charge is 2.14. The van der Waals surface area contributed by atoms with Gasteiger partial charge in [0, 0.05) is 29.7 Å². The quantitative estimate of drug-likeness (QED) is 0.735. The van der Waals surface area contributed by atoms with Crippen molar-refractivity contribution in [2.24, 2.45) is 5.92 Å². The van der Waals surface area contributed by atoms with Crippen LogP contribution in [0.5, 0.6) is 0 Å². The van der Waals surface area contributed by atoms with Gasteiger partial charge in [0.05, 0.1) is 0 Å². The van der Waals surface area contributed by atoms with E-state index in [1.54, 1.807) is 36.5 Å². The molecule has 0 radical (unpaired) electrons. The normalized spacial score (nSPS) is 10.9. The average Bonchev–Trinajstić information content (AvgIpc) is 3.02. The number of carbonyl (C=O) groups is 2. The molecule has 134 valence electrons. The van der Waals surface area contributed by atoms with Crippen molar-refractivity contribution >= 4 is 29.0 Å². The van der Waals surface area contributed by atoms with E-state index in [0.717, 1.165) is 5.69 Å².